The van der Waals surface area contributed by atoms with Crippen molar-refractivity contribution in [1.29, 1.82) is 0 Å². The van der Waals surface area contributed by atoms with Crippen molar-refractivity contribution in [2.45, 2.75) is 24.7 Å². The minimum atomic E-state index is -0.896. The smallest absolute Gasteiger partial charge is 0.312 e. The first kappa shape index (κ1) is 12.9. The van der Waals surface area contributed by atoms with E-state index in [0.717, 1.165) is 11.3 Å². The first-order valence-corrected chi connectivity index (χ1v) is 6.78. The Hall–Kier alpha value is -2.14. The van der Waals surface area contributed by atoms with Gasteiger partial charge in [0.2, 0.25) is 0 Å². The van der Waals surface area contributed by atoms with Crippen LogP contribution in [-0.4, -0.2) is 27.4 Å². The molecule has 0 bridgehead atoms. The van der Waals surface area contributed by atoms with E-state index in [2.05, 4.69) is 5.10 Å². The molecule has 20 heavy (non-hydrogen) atoms. The summed E-state index contributed by atoms with van der Waals surface area (Å²) in [5.74, 6) is -0.978. The third kappa shape index (κ3) is 2.32. The molecule has 5 heteroatoms. The average molecular weight is 271 g/mol. The number of carbonyl (C=O) groups is 1. The molecule has 2 aromatic rings. The van der Waals surface area contributed by atoms with Crippen LogP contribution in [0.5, 0.6) is 0 Å². The predicted molar refractivity (Wildman–Crippen MR) is 75.0 cm³/mol. The van der Waals surface area contributed by atoms with E-state index in [-0.39, 0.29) is 6.54 Å². The molecular weight excluding hydrogens is 254 g/mol. The maximum atomic E-state index is 11.2. The van der Waals surface area contributed by atoms with Crippen LogP contribution >= 0.6 is 0 Å². The van der Waals surface area contributed by atoms with Crippen molar-refractivity contribution < 1.29 is 9.90 Å². The van der Waals surface area contributed by atoms with Gasteiger partial charge in [-0.2, -0.15) is 5.10 Å². The third-order valence-electron chi connectivity index (χ3n) is 3.72. The Bertz CT molecular complexity index is 632. The highest BCUT2D eigenvalue weighted by atomic mass is 16.4. The van der Waals surface area contributed by atoms with Crippen LogP contribution in [0.25, 0.3) is 5.69 Å². The molecule has 1 aromatic carbocycles. The van der Waals surface area contributed by atoms with Gasteiger partial charge in [0.25, 0.3) is 0 Å². The maximum absolute atomic E-state index is 11.2. The van der Waals surface area contributed by atoms with Crippen molar-refractivity contribution in [2.24, 2.45) is 5.73 Å². The lowest BCUT2D eigenvalue weighted by Gasteiger charge is -2.13. The fourth-order valence-corrected chi connectivity index (χ4v) is 2.47. The van der Waals surface area contributed by atoms with Crippen LogP contribution in [0.3, 0.4) is 0 Å². The molecule has 0 amide bonds. The summed E-state index contributed by atoms with van der Waals surface area (Å²) < 4.78 is 1.90. The van der Waals surface area contributed by atoms with Gasteiger partial charge in [-0.25, -0.2) is 4.68 Å². The first-order chi connectivity index (χ1) is 9.70. The summed E-state index contributed by atoms with van der Waals surface area (Å²) >= 11 is 0. The van der Waals surface area contributed by atoms with Crippen molar-refractivity contribution in [3.63, 3.8) is 0 Å². The molecule has 0 radical (unpaired) electrons. The molecule has 1 aliphatic carbocycles. The van der Waals surface area contributed by atoms with Crippen LogP contribution in [0.1, 0.15) is 35.9 Å². The van der Waals surface area contributed by atoms with Gasteiger partial charge in [0.15, 0.2) is 0 Å². The minimum Gasteiger partial charge on any atom is -0.481 e. The number of rotatable bonds is 5. The highest BCUT2D eigenvalue weighted by Crippen LogP contribution is 2.40. The van der Waals surface area contributed by atoms with Crippen LogP contribution in [0, 0.1) is 0 Å². The monoisotopic (exact) mass is 271 g/mol. The number of hydrogen-bond acceptors (Lipinski definition) is 3. The normalized spacial score (nSPS) is 16.1. The van der Waals surface area contributed by atoms with E-state index < -0.39 is 11.9 Å². The zero-order valence-corrected chi connectivity index (χ0v) is 11.1. The molecule has 1 aromatic heterocycles. The van der Waals surface area contributed by atoms with Gasteiger partial charge < -0.3 is 10.8 Å². The Balaban J connectivity index is 1.98. The van der Waals surface area contributed by atoms with Crippen LogP contribution in [0.2, 0.25) is 0 Å². The zero-order chi connectivity index (χ0) is 14.1. The van der Waals surface area contributed by atoms with Gasteiger partial charge in [-0.1, -0.05) is 12.1 Å². The molecular formula is C15H17N3O2. The van der Waals surface area contributed by atoms with Gasteiger partial charge >= 0.3 is 5.97 Å². The zero-order valence-electron chi connectivity index (χ0n) is 11.1. The summed E-state index contributed by atoms with van der Waals surface area (Å²) in [7, 11) is 0. The molecule has 3 N–H and O–H groups in total. The maximum Gasteiger partial charge on any atom is 0.312 e. The van der Waals surface area contributed by atoms with Gasteiger partial charge in [-0.15, -0.1) is 0 Å². The number of benzene rings is 1. The second kappa shape index (κ2) is 5.09. The number of hydrogen-bond donors (Lipinski definition) is 2. The summed E-state index contributed by atoms with van der Waals surface area (Å²) in [6.45, 7) is 0.0907. The van der Waals surface area contributed by atoms with Crippen molar-refractivity contribution >= 4 is 5.97 Å². The Labute approximate surface area is 117 Å². The van der Waals surface area contributed by atoms with Crippen LogP contribution in [-0.2, 0) is 4.79 Å². The van der Waals surface area contributed by atoms with Crippen molar-refractivity contribution in [3.8, 4) is 5.69 Å². The molecule has 104 valence electrons. The standard InChI is InChI=1S/C15H17N3O2/c16-9-13(15(19)20)11-2-1-3-12(8-11)18-14(6-7-17-18)10-4-5-10/h1-3,6-8,10,13H,4-5,9,16H2,(H,19,20). The third-order valence-corrected chi connectivity index (χ3v) is 3.72. The molecule has 0 spiro atoms. The molecule has 1 heterocycles. The highest BCUT2D eigenvalue weighted by Gasteiger charge is 2.27. The second-order valence-electron chi connectivity index (χ2n) is 5.16. The van der Waals surface area contributed by atoms with E-state index in [0.29, 0.717) is 5.92 Å². The summed E-state index contributed by atoms with van der Waals surface area (Å²) in [6, 6.07) is 9.49. The minimum absolute atomic E-state index is 0.0907. The Morgan fingerprint density at radius 2 is 2.25 bits per heavy atom. The van der Waals surface area contributed by atoms with Crippen molar-refractivity contribution in [2.75, 3.05) is 6.54 Å². The number of carboxylic acids is 1. The molecule has 3 rings (SSSR count). The van der Waals surface area contributed by atoms with Gasteiger partial charge in [-0.05, 0) is 36.6 Å². The van der Waals surface area contributed by atoms with Crippen LogP contribution < -0.4 is 5.73 Å². The van der Waals surface area contributed by atoms with Gasteiger partial charge in [0.05, 0.1) is 11.6 Å². The van der Waals surface area contributed by atoms with Crippen LogP contribution in [0.4, 0.5) is 0 Å². The first-order valence-electron chi connectivity index (χ1n) is 6.78. The number of carboxylic acid groups (broad SMARTS) is 1. The lowest BCUT2D eigenvalue weighted by atomic mass is 9.99. The van der Waals surface area contributed by atoms with Gasteiger partial charge in [0.1, 0.15) is 0 Å². The quantitative estimate of drug-likeness (QED) is 0.870. The van der Waals surface area contributed by atoms with E-state index >= 15 is 0 Å². The number of aromatic nitrogens is 2. The molecule has 0 aliphatic heterocycles. The summed E-state index contributed by atoms with van der Waals surface area (Å²) in [5.41, 5.74) is 8.37. The average Bonchev–Trinajstić information content (AvgIpc) is 3.17. The molecule has 1 unspecified atom stereocenters. The fourth-order valence-electron chi connectivity index (χ4n) is 2.47. The highest BCUT2D eigenvalue weighted by molar-refractivity contribution is 5.76. The largest absolute Gasteiger partial charge is 0.481 e. The fraction of sp³-hybridized carbons (Fsp3) is 0.333. The lowest BCUT2D eigenvalue weighted by molar-refractivity contribution is -0.138. The summed E-state index contributed by atoms with van der Waals surface area (Å²) in [5, 5.41) is 13.6. The summed E-state index contributed by atoms with van der Waals surface area (Å²) in [4.78, 5) is 11.2. The molecule has 1 saturated carbocycles. The Kier molecular flexibility index (Phi) is 3.28. The SMILES string of the molecule is NCC(C(=O)O)c1cccc(-n2nccc2C2CC2)c1. The van der Waals surface area contributed by atoms with Crippen molar-refractivity contribution in [3.05, 3.63) is 47.8 Å². The number of nitrogens with two attached hydrogens (primary N) is 1. The molecule has 1 fully saturated rings. The lowest BCUT2D eigenvalue weighted by Crippen LogP contribution is -2.21. The Morgan fingerprint density at radius 3 is 2.90 bits per heavy atom. The van der Waals surface area contributed by atoms with Crippen molar-refractivity contribution in [1.82, 2.24) is 9.78 Å². The van der Waals surface area contributed by atoms with E-state index in [4.69, 9.17) is 5.73 Å². The van der Waals surface area contributed by atoms with Gasteiger partial charge in [-0.3, -0.25) is 4.79 Å². The Morgan fingerprint density at radius 1 is 1.45 bits per heavy atom. The topological polar surface area (TPSA) is 81.1 Å². The summed E-state index contributed by atoms with van der Waals surface area (Å²) in [6.07, 6.45) is 4.19. The van der Waals surface area contributed by atoms with Gasteiger partial charge in [0, 0.05) is 24.4 Å². The van der Waals surface area contributed by atoms with E-state index in [1.807, 2.05) is 28.9 Å². The number of aliphatic carboxylic acids is 1. The molecule has 0 saturated heterocycles. The van der Waals surface area contributed by atoms with E-state index in [1.54, 1.807) is 12.3 Å². The molecule has 1 aliphatic rings. The molecule has 1 atom stereocenters. The van der Waals surface area contributed by atoms with E-state index in [9.17, 15) is 9.90 Å². The predicted octanol–water partition coefficient (Wildman–Crippen LogP) is 1.88. The molecule has 5 nitrogen and oxygen atoms in total. The van der Waals surface area contributed by atoms with E-state index in [1.165, 1.54) is 18.5 Å². The number of nitrogens with zero attached hydrogens (tertiary/aromatic N) is 2. The van der Waals surface area contributed by atoms with Crippen LogP contribution in [0.15, 0.2) is 36.5 Å². The second-order valence-corrected chi connectivity index (χ2v) is 5.16.